The van der Waals surface area contributed by atoms with Gasteiger partial charge in [0.25, 0.3) is 0 Å². The zero-order valence-electron chi connectivity index (χ0n) is 27.4. The minimum absolute atomic E-state index is 0.0322. The smallest absolute Gasteiger partial charge is 0.247 e. The second-order valence-corrected chi connectivity index (χ2v) is 12.2. The summed E-state index contributed by atoms with van der Waals surface area (Å²) in [6.07, 6.45) is 11.5. The van der Waals surface area contributed by atoms with E-state index < -0.39 is 0 Å². The lowest BCUT2D eigenvalue weighted by atomic mass is 9.91. The normalized spacial score (nSPS) is 11.8. The Kier molecular flexibility index (Phi) is 16.1. The van der Waals surface area contributed by atoms with Crippen LogP contribution in [0, 0.1) is 12.8 Å². The van der Waals surface area contributed by atoms with Crippen LogP contribution in [0.3, 0.4) is 0 Å². The number of aromatic amines is 3. The van der Waals surface area contributed by atoms with Crippen molar-refractivity contribution in [2.24, 2.45) is 5.92 Å². The Morgan fingerprint density at radius 2 is 1.68 bits per heavy atom. The number of rotatable bonds is 12. The molecule has 0 aliphatic heterocycles. The van der Waals surface area contributed by atoms with Gasteiger partial charge in [0.05, 0.1) is 0 Å². The SMILES string of the molecule is CCC(C)CCc1c[nH][nH]1.CCCC(=O)Nc1ccc(CC(C)c2ccc(=O)[nH]c2)c(C(C)=O)c1.CSc1ccc(C)cc1. The molecule has 0 saturated carbocycles. The van der Waals surface area contributed by atoms with Crippen LogP contribution in [0.5, 0.6) is 0 Å². The fourth-order valence-corrected chi connectivity index (χ4v) is 4.78. The van der Waals surface area contributed by atoms with Crippen LogP contribution in [0.2, 0.25) is 0 Å². The van der Waals surface area contributed by atoms with Gasteiger partial charge < -0.3 is 20.5 Å². The number of pyridine rings is 1. The second-order valence-electron chi connectivity index (χ2n) is 11.3. The van der Waals surface area contributed by atoms with E-state index in [-0.39, 0.29) is 23.2 Å². The third-order valence-electron chi connectivity index (χ3n) is 7.49. The van der Waals surface area contributed by atoms with Crippen molar-refractivity contribution in [1.82, 2.24) is 15.2 Å². The number of Topliss-reactive ketones (excluding diaryl/α,β-unsaturated/α-hetero) is 1. The number of H-pyrrole nitrogens is 3. The average Bonchev–Trinajstić information content (AvgIpc) is 2.98. The van der Waals surface area contributed by atoms with Crippen LogP contribution in [-0.2, 0) is 17.6 Å². The van der Waals surface area contributed by atoms with Gasteiger partial charge in [-0.2, -0.15) is 0 Å². The summed E-state index contributed by atoms with van der Waals surface area (Å²) in [6, 6.07) is 17.3. The van der Waals surface area contributed by atoms with Crippen molar-refractivity contribution in [3.8, 4) is 0 Å². The third-order valence-corrected chi connectivity index (χ3v) is 8.24. The third kappa shape index (κ3) is 13.2. The van der Waals surface area contributed by atoms with E-state index in [1.165, 1.54) is 48.4 Å². The molecule has 0 saturated heterocycles. The van der Waals surface area contributed by atoms with Gasteiger partial charge in [-0.3, -0.25) is 14.4 Å². The monoisotopic (exact) mass is 618 g/mol. The minimum Gasteiger partial charge on any atom is -0.329 e. The fourth-order valence-electron chi connectivity index (χ4n) is 4.38. The van der Waals surface area contributed by atoms with Crippen LogP contribution in [0.25, 0.3) is 0 Å². The lowest BCUT2D eigenvalue weighted by molar-refractivity contribution is -0.116. The number of amides is 1. The van der Waals surface area contributed by atoms with Crippen LogP contribution in [0.4, 0.5) is 5.69 Å². The molecule has 2 unspecified atom stereocenters. The lowest BCUT2D eigenvalue weighted by Crippen LogP contribution is -2.12. The zero-order chi connectivity index (χ0) is 32.5. The standard InChI is InChI=1S/C20H24N2O3.C8H16N2.C8H10S/c1-4-5-20(25)22-17-8-6-15(18(11-17)14(3)23)10-13(2)16-7-9-19(24)21-12-16;1-3-7(2)4-5-8-6-9-10-8;1-7-3-5-8(9-2)6-4-7/h6-9,11-13H,4-5,10H2,1-3H3,(H,21,24)(H,22,25);6-7,9-10H,3-5H2,1-2H3;3-6H,1-2H3. The van der Waals surface area contributed by atoms with Gasteiger partial charge in [0.2, 0.25) is 11.5 Å². The van der Waals surface area contributed by atoms with E-state index in [4.69, 9.17) is 0 Å². The zero-order valence-corrected chi connectivity index (χ0v) is 28.2. The summed E-state index contributed by atoms with van der Waals surface area (Å²) >= 11 is 1.78. The molecule has 238 valence electrons. The van der Waals surface area contributed by atoms with Gasteiger partial charge in [0, 0.05) is 46.7 Å². The molecule has 0 radical (unpaired) electrons. The van der Waals surface area contributed by atoms with E-state index in [1.54, 1.807) is 30.1 Å². The maximum Gasteiger partial charge on any atom is 0.247 e. The van der Waals surface area contributed by atoms with Gasteiger partial charge in [-0.15, -0.1) is 11.8 Å². The topological polar surface area (TPSA) is 111 Å². The summed E-state index contributed by atoms with van der Waals surface area (Å²) in [5, 5.41) is 8.75. The molecule has 0 spiro atoms. The Bertz CT molecular complexity index is 1440. The minimum atomic E-state index is -0.132. The Morgan fingerprint density at radius 3 is 2.20 bits per heavy atom. The van der Waals surface area contributed by atoms with Crippen molar-refractivity contribution in [3.05, 3.63) is 105 Å². The summed E-state index contributed by atoms with van der Waals surface area (Å²) in [4.78, 5) is 39.0. The van der Waals surface area contributed by atoms with Crippen molar-refractivity contribution >= 4 is 29.1 Å². The molecule has 0 bridgehead atoms. The van der Waals surface area contributed by atoms with Crippen molar-refractivity contribution in [2.75, 3.05) is 11.6 Å². The highest BCUT2D eigenvalue weighted by Gasteiger charge is 2.14. The maximum atomic E-state index is 12.0. The number of thioether (sulfide) groups is 1. The molecule has 0 aliphatic rings. The highest BCUT2D eigenvalue weighted by atomic mass is 32.2. The molecule has 7 nitrogen and oxygen atoms in total. The maximum absolute atomic E-state index is 12.0. The molecular weight excluding hydrogens is 568 g/mol. The van der Waals surface area contributed by atoms with Crippen LogP contribution >= 0.6 is 11.8 Å². The molecule has 8 heteroatoms. The number of carbonyl (C=O) groups is 2. The Hall–Kier alpha value is -3.78. The summed E-state index contributed by atoms with van der Waals surface area (Å²) in [6.45, 7) is 12.2. The van der Waals surface area contributed by atoms with Gasteiger partial charge in [0.15, 0.2) is 5.78 Å². The number of hydrogen-bond acceptors (Lipinski definition) is 4. The van der Waals surface area contributed by atoms with Crippen LogP contribution < -0.4 is 10.9 Å². The number of hydrogen-bond donors (Lipinski definition) is 4. The van der Waals surface area contributed by atoms with Crippen molar-refractivity contribution in [3.63, 3.8) is 0 Å². The molecule has 2 atom stereocenters. The predicted octanol–water partition coefficient (Wildman–Crippen LogP) is 8.70. The van der Waals surface area contributed by atoms with Crippen LogP contribution in [0.15, 0.2) is 76.7 Å². The molecular formula is C36H50N4O3S. The summed E-state index contributed by atoms with van der Waals surface area (Å²) in [5.41, 5.74) is 5.74. The van der Waals surface area contributed by atoms with E-state index in [2.05, 4.69) is 78.7 Å². The molecule has 0 fully saturated rings. The molecule has 4 rings (SSSR count). The predicted molar refractivity (Wildman–Crippen MR) is 185 cm³/mol. The molecule has 1 amide bonds. The lowest BCUT2D eigenvalue weighted by Gasteiger charge is -2.15. The van der Waals surface area contributed by atoms with Gasteiger partial charge in [0.1, 0.15) is 0 Å². The van der Waals surface area contributed by atoms with E-state index >= 15 is 0 Å². The quantitative estimate of drug-likeness (QED) is 0.0940. The van der Waals surface area contributed by atoms with Gasteiger partial charge in [-0.25, -0.2) is 0 Å². The summed E-state index contributed by atoms with van der Waals surface area (Å²) < 4.78 is 0. The van der Waals surface area contributed by atoms with Gasteiger partial charge in [-0.05, 0) is 93.0 Å². The first-order chi connectivity index (χ1) is 21.1. The highest BCUT2D eigenvalue weighted by molar-refractivity contribution is 7.98. The number of anilines is 1. The van der Waals surface area contributed by atoms with Gasteiger partial charge >= 0.3 is 0 Å². The Labute approximate surface area is 267 Å². The molecule has 44 heavy (non-hydrogen) atoms. The van der Waals surface area contributed by atoms with E-state index in [9.17, 15) is 14.4 Å². The highest BCUT2D eigenvalue weighted by Crippen LogP contribution is 2.24. The van der Waals surface area contributed by atoms with E-state index in [0.29, 0.717) is 24.1 Å². The van der Waals surface area contributed by atoms with Crippen LogP contribution in [-0.4, -0.2) is 33.1 Å². The Balaban J connectivity index is 0.000000288. The number of ketones is 1. The molecule has 2 heterocycles. The van der Waals surface area contributed by atoms with E-state index in [0.717, 1.165) is 23.5 Å². The molecule has 4 N–H and O–H groups in total. The van der Waals surface area contributed by atoms with E-state index in [1.807, 2.05) is 25.3 Å². The molecule has 0 aliphatic carbocycles. The van der Waals surface area contributed by atoms with Crippen LogP contribution in [0.1, 0.15) is 99.0 Å². The summed E-state index contributed by atoms with van der Waals surface area (Å²) in [5.74, 6) is 0.931. The molecule has 2 aromatic carbocycles. The van der Waals surface area contributed by atoms with Gasteiger partial charge in [-0.1, -0.05) is 63.9 Å². The Morgan fingerprint density at radius 1 is 0.977 bits per heavy atom. The first-order valence-electron chi connectivity index (χ1n) is 15.5. The average molecular weight is 619 g/mol. The first kappa shape index (κ1) is 36.4. The second kappa shape index (κ2) is 19.5. The number of aryl methyl sites for hydroxylation is 2. The van der Waals surface area contributed by atoms with Crippen molar-refractivity contribution < 1.29 is 9.59 Å². The molecule has 4 aromatic rings. The number of nitrogens with one attached hydrogen (secondary N) is 4. The molecule has 2 aromatic heterocycles. The number of aromatic nitrogens is 3. The van der Waals surface area contributed by atoms with Crippen molar-refractivity contribution in [2.45, 2.75) is 90.9 Å². The largest absolute Gasteiger partial charge is 0.329 e. The first-order valence-corrected chi connectivity index (χ1v) is 16.7. The summed E-state index contributed by atoms with van der Waals surface area (Å²) in [7, 11) is 0. The fraction of sp³-hybridized carbons (Fsp3) is 0.417. The number of benzene rings is 2. The number of carbonyl (C=O) groups excluding carboxylic acids is 2. The van der Waals surface area contributed by atoms with Crippen molar-refractivity contribution in [1.29, 1.82) is 0 Å².